The number of aromatic nitrogens is 2. The molecule has 3 aromatic rings. The van der Waals surface area contributed by atoms with Crippen molar-refractivity contribution >= 4 is 21.6 Å². The highest BCUT2D eigenvalue weighted by Crippen LogP contribution is 2.31. The lowest BCUT2D eigenvalue weighted by Crippen LogP contribution is -2.29. The third-order valence-electron chi connectivity index (χ3n) is 4.96. The van der Waals surface area contributed by atoms with Gasteiger partial charge in [-0.25, -0.2) is 13.1 Å². The van der Waals surface area contributed by atoms with E-state index in [1.807, 2.05) is 24.3 Å². The number of anilines is 1. The normalized spacial score (nSPS) is 13.4. The quantitative estimate of drug-likeness (QED) is 0.669. The maximum Gasteiger partial charge on any atom is 0.276 e. The number of sulfonamides is 1. The number of methoxy groups -OCH3 is 1. The van der Waals surface area contributed by atoms with Crippen molar-refractivity contribution in [2.45, 2.75) is 11.3 Å². The topological polar surface area (TPSA) is 104 Å². The van der Waals surface area contributed by atoms with E-state index in [0.29, 0.717) is 23.5 Å². The zero-order chi connectivity index (χ0) is 20.6. The molecule has 0 unspecified atom stereocenters. The molecule has 1 amide bonds. The molecular weight excluding hydrogens is 392 g/mol. The lowest BCUT2D eigenvalue weighted by Gasteiger charge is -2.15. The van der Waals surface area contributed by atoms with Gasteiger partial charge in [-0.05, 0) is 49.4 Å². The molecule has 0 bridgehead atoms. The van der Waals surface area contributed by atoms with Gasteiger partial charge in [0.15, 0.2) is 0 Å². The van der Waals surface area contributed by atoms with Crippen molar-refractivity contribution in [3.63, 3.8) is 0 Å². The van der Waals surface area contributed by atoms with Gasteiger partial charge in [-0.1, -0.05) is 18.2 Å². The predicted molar refractivity (Wildman–Crippen MR) is 109 cm³/mol. The van der Waals surface area contributed by atoms with Crippen LogP contribution in [0.2, 0.25) is 0 Å². The maximum absolute atomic E-state index is 13.0. The number of amides is 1. The van der Waals surface area contributed by atoms with Crippen LogP contribution in [0.3, 0.4) is 0 Å². The molecule has 1 aliphatic heterocycles. The number of para-hydroxylation sites is 1. The number of H-pyrrole nitrogens is 1. The van der Waals surface area contributed by atoms with Crippen molar-refractivity contribution in [2.75, 3.05) is 25.6 Å². The van der Waals surface area contributed by atoms with Crippen LogP contribution in [0.15, 0.2) is 53.4 Å². The molecule has 29 heavy (non-hydrogen) atoms. The largest absolute Gasteiger partial charge is 0.495 e. The molecule has 0 atom stereocenters. The molecule has 2 heterocycles. The number of nitrogens with zero attached hydrogens (tertiary/aromatic N) is 2. The monoisotopic (exact) mass is 412 g/mol. The van der Waals surface area contributed by atoms with Gasteiger partial charge in [0.1, 0.15) is 16.3 Å². The summed E-state index contributed by atoms with van der Waals surface area (Å²) >= 11 is 0. The lowest BCUT2D eigenvalue weighted by atomic mass is 10.1. The molecular formula is C20H20N4O4S. The summed E-state index contributed by atoms with van der Waals surface area (Å²) in [6.45, 7) is 0.611. The summed E-state index contributed by atoms with van der Waals surface area (Å²) in [5, 5.41) is 6.99. The van der Waals surface area contributed by atoms with E-state index in [0.717, 1.165) is 17.7 Å². The van der Waals surface area contributed by atoms with E-state index in [4.69, 9.17) is 4.74 Å². The summed E-state index contributed by atoms with van der Waals surface area (Å²) in [4.78, 5) is 14.7. The molecule has 1 aliphatic rings. The molecule has 4 rings (SSSR count). The van der Waals surface area contributed by atoms with Crippen LogP contribution in [0.5, 0.6) is 5.75 Å². The minimum absolute atomic E-state index is 0.00402. The highest BCUT2D eigenvalue weighted by atomic mass is 32.2. The fraction of sp³-hybridized carbons (Fsp3) is 0.200. The van der Waals surface area contributed by atoms with Crippen LogP contribution in [0.4, 0.5) is 5.69 Å². The van der Waals surface area contributed by atoms with E-state index >= 15 is 0 Å². The van der Waals surface area contributed by atoms with Gasteiger partial charge in [0.25, 0.3) is 5.91 Å². The van der Waals surface area contributed by atoms with Gasteiger partial charge >= 0.3 is 0 Å². The minimum Gasteiger partial charge on any atom is -0.495 e. The Labute approximate surface area is 168 Å². The maximum atomic E-state index is 13.0. The Kier molecular flexibility index (Phi) is 4.85. The molecule has 8 nitrogen and oxygen atoms in total. The SMILES string of the molecule is CNS(=O)(=O)c1cc(-c2cc(C(=O)N3CCc4ccccc43)[nH]n2)ccc1OC. The molecule has 1 aromatic heterocycles. The number of aromatic amines is 1. The number of hydrogen-bond donors (Lipinski definition) is 2. The molecule has 0 spiro atoms. The van der Waals surface area contributed by atoms with E-state index in [1.165, 1.54) is 20.2 Å². The van der Waals surface area contributed by atoms with E-state index < -0.39 is 10.0 Å². The molecule has 0 radical (unpaired) electrons. The van der Waals surface area contributed by atoms with E-state index in [9.17, 15) is 13.2 Å². The summed E-state index contributed by atoms with van der Waals surface area (Å²) in [5.74, 6) is 0.0499. The summed E-state index contributed by atoms with van der Waals surface area (Å²) in [7, 11) is -0.976. The number of benzene rings is 2. The number of ether oxygens (including phenoxy) is 1. The Hall–Kier alpha value is -3.17. The minimum atomic E-state index is -3.72. The van der Waals surface area contributed by atoms with E-state index in [1.54, 1.807) is 23.1 Å². The van der Waals surface area contributed by atoms with Crippen LogP contribution in [0.25, 0.3) is 11.3 Å². The van der Waals surface area contributed by atoms with Crippen molar-refractivity contribution in [2.24, 2.45) is 0 Å². The van der Waals surface area contributed by atoms with Gasteiger partial charge in [-0.2, -0.15) is 5.10 Å². The Balaban J connectivity index is 1.67. The Bertz CT molecular complexity index is 1190. The molecule has 150 valence electrons. The van der Waals surface area contributed by atoms with Gasteiger partial charge in [0.2, 0.25) is 10.0 Å². The molecule has 2 aromatic carbocycles. The molecule has 2 N–H and O–H groups in total. The Morgan fingerprint density at radius 2 is 2.00 bits per heavy atom. The Morgan fingerprint density at radius 3 is 2.76 bits per heavy atom. The van der Waals surface area contributed by atoms with Gasteiger partial charge in [-0.3, -0.25) is 9.89 Å². The third kappa shape index (κ3) is 3.39. The fourth-order valence-corrected chi connectivity index (χ4v) is 4.35. The van der Waals surface area contributed by atoms with Crippen molar-refractivity contribution in [1.29, 1.82) is 0 Å². The third-order valence-corrected chi connectivity index (χ3v) is 6.39. The lowest BCUT2D eigenvalue weighted by molar-refractivity contribution is 0.0984. The predicted octanol–water partition coefficient (Wildman–Crippen LogP) is 2.20. The van der Waals surface area contributed by atoms with E-state index in [-0.39, 0.29) is 16.6 Å². The number of hydrogen-bond acceptors (Lipinski definition) is 5. The van der Waals surface area contributed by atoms with Crippen LogP contribution in [-0.2, 0) is 16.4 Å². The summed E-state index contributed by atoms with van der Waals surface area (Å²) in [6, 6.07) is 14.2. The molecule has 0 saturated heterocycles. The van der Waals surface area contributed by atoms with Gasteiger partial charge in [-0.15, -0.1) is 0 Å². The second kappa shape index (κ2) is 7.34. The first-order chi connectivity index (χ1) is 13.9. The molecule has 0 aliphatic carbocycles. The van der Waals surface area contributed by atoms with Crippen molar-refractivity contribution in [3.8, 4) is 17.0 Å². The standard InChI is InChI=1S/C20H20N4O4S/c1-21-29(26,27)19-11-14(7-8-18(19)28-2)15-12-16(23-22-15)20(25)24-10-9-13-5-3-4-6-17(13)24/h3-8,11-12,21H,9-10H2,1-2H3,(H,22,23). The molecule has 9 heteroatoms. The second-order valence-electron chi connectivity index (χ2n) is 6.58. The fourth-order valence-electron chi connectivity index (χ4n) is 3.43. The molecule has 0 fully saturated rings. The van der Waals surface area contributed by atoms with Crippen LogP contribution >= 0.6 is 0 Å². The number of rotatable bonds is 5. The van der Waals surface area contributed by atoms with Crippen LogP contribution in [0.1, 0.15) is 16.1 Å². The van der Waals surface area contributed by atoms with E-state index in [2.05, 4.69) is 14.9 Å². The second-order valence-corrected chi connectivity index (χ2v) is 8.43. The number of fused-ring (bicyclic) bond motifs is 1. The van der Waals surface area contributed by atoms with Crippen LogP contribution in [-0.4, -0.2) is 45.2 Å². The highest BCUT2D eigenvalue weighted by Gasteiger charge is 2.27. The average molecular weight is 412 g/mol. The Morgan fingerprint density at radius 1 is 1.21 bits per heavy atom. The number of carbonyl (C=O) groups is 1. The first-order valence-electron chi connectivity index (χ1n) is 9.02. The zero-order valence-electron chi connectivity index (χ0n) is 16.0. The summed E-state index contributed by atoms with van der Waals surface area (Å²) < 4.78 is 32.0. The van der Waals surface area contributed by atoms with Crippen molar-refractivity contribution in [3.05, 3.63) is 59.8 Å². The average Bonchev–Trinajstić information content (AvgIpc) is 3.40. The number of nitrogens with one attached hydrogen (secondary N) is 2. The van der Waals surface area contributed by atoms with Gasteiger partial charge in [0, 0.05) is 17.8 Å². The molecule has 0 saturated carbocycles. The summed E-state index contributed by atoms with van der Waals surface area (Å²) in [6.07, 6.45) is 0.812. The van der Waals surface area contributed by atoms with Gasteiger partial charge < -0.3 is 9.64 Å². The summed E-state index contributed by atoms with van der Waals surface area (Å²) in [5.41, 5.74) is 3.40. The first kappa shape index (κ1) is 19.2. The van der Waals surface area contributed by atoms with Crippen molar-refractivity contribution < 1.29 is 17.9 Å². The van der Waals surface area contributed by atoms with Crippen LogP contribution in [0, 0.1) is 0 Å². The zero-order valence-corrected chi connectivity index (χ0v) is 16.8. The van der Waals surface area contributed by atoms with Gasteiger partial charge in [0.05, 0.1) is 12.8 Å². The first-order valence-corrected chi connectivity index (χ1v) is 10.5. The highest BCUT2D eigenvalue weighted by molar-refractivity contribution is 7.89. The smallest absolute Gasteiger partial charge is 0.276 e. The van der Waals surface area contributed by atoms with Crippen molar-refractivity contribution in [1.82, 2.24) is 14.9 Å². The number of carbonyl (C=O) groups excluding carboxylic acids is 1. The van der Waals surface area contributed by atoms with Crippen LogP contribution < -0.4 is 14.4 Å².